The van der Waals surface area contributed by atoms with E-state index in [-0.39, 0.29) is 11.8 Å². The number of amides is 1. The first-order valence-corrected chi connectivity index (χ1v) is 12.6. The van der Waals surface area contributed by atoms with Gasteiger partial charge in [0, 0.05) is 43.9 Å². The zero-order valence-corrected chi connectivity index (χ0v) is 20.8. The third-order valence-corrected chi connectivity index (χ3v) is 7.05. The number of oxazole rings is 1. The van der Waals surface area contributed by atoms with Crippen molar-refractivity contribution < 1.29 is 9.21 Å². The number of aryl methyl sites for hydroxylation is 2. The second kappa shape index (κ2) is 11.5. The number of likely N-dealkylation sites (tertiary alicyclic amines) is 1. The van der Waals surface area contributed by atoms with E-state index < -0.39 is 0 Å². The van der Waals surface area contributed by atoms with Gasteiger partial charge in [0.25, 0.3) is 0 Å². The standard InChI is InChI=1S/C28H38N4O2/c1-21-10-7-8-13-25(21)28-30-26(22(2)34-28)20-32-18-14-23(15-19-32)27(33)29-16-9-17-31(3)24-11-5-4-6-12-24/h4-5,7-8,10-11,13,23H,6,9,12,14-20H2,1-3H3,(H,29,33). The topological polar surface area (TPSA) is 61.6 Å². The highest BCUT2D eigenvalue weighted by Gasteiger charge is 2.26. The molecule has 0 spiro atoms. The predicted octanol–water partition coefficient (Wildman–Crippen LogP) is 4.84. The summed E-state index contributed by atoms with van der Waals surface area (Å²) < 4.78 is 5.98. The summed E-state index contributed by atoms with van der Waals surface area (Å²) in [4.78, 5) is 22.1. The van der Waals surface area contributed by atoms with Crippen LogP contribution in [0.2, 0.25) is 0 Å². The molecule has 1 aromatic carbocycles. The SMILES string of the molecule is Cc1ccccc1-c1nc(CN2CCC(C(=O)NCCCN(C)C3=CC=CCC3)CC2)c(C)o1. The number of aromatic nitrogens is 1. The highest BCUT2D eigenvalue weighted by Crippen LogP contribution is 2.26. The number of carbonyl (C=O) groups is 1. The number of piperidine rings is 1. The molecular weight excluding hydrogens is 424 g/mol. The minimum atomic E-state index is 0.112. The molecule has 1 N–H and O–H groups in total. The molecule has 0 bridgehead atoms. The molecule has 1 aromatic heterocycles. The van der Waals surface area contributed by atoms with Gasteiger partial charge in [-0.3, -0.25) is 9.69 Å². The van der Waals surface area contributed by atoms with Crippen molar-refractivity contribution in [3.63, 3.8) is 0 Å². The van der Waals surface area contributed by atoms with Crippen molar-refractivity contribution in [2.45, 2.75) is 52.5 Å². The van der Waals surface area contributed by atoms with Gasteiger partial charge in [0.15, 0.2) is 0 Å². The molecule has 0 unspecified atom stereocenters. The lowest BCUT2D eigenvalue weighted by Crippen LogP contribution is -2.40. The maximum absolute atomic E-state index is 12.7. The lowest BCUT2D eigenvalue weighted by molar-refractivity contribution is -0.126. The van der Waals surface area contributed by atoms with Crippen molar-refractivity contribution in [2.24, 2.45) is 5.92 Å². The summed E-state index contributed by atoms with van der Waals surface area (Å²) in [5, 5.41) is 3.17. The van der Waals surface area contributed by atoms with E-state index in [1.54, 1.807) is 0 Å². The Bertz CT molecular complexity index is 1030. The van der Waals surface area contributed by atoms with Gasteiger partial charge in [-0.25, -0.2) is 4.98 Å². The lowest BCUT2D eigenvalue weighted by atomic mass is 9.95. The second-order valence-corrected chi connectivity index (χ2v) is 9.58. The fourth-order valence-corrected chi connectivity index (χ4v) is 4.79. The molecule has 0 atom stereocenters. The van der Waals surface area contributed by atoms with Gasteiger partial charge in [-0.2, -0.15) is 0 Å². The first kappa shape index (κ1) is 24.3. The molecule has 1 saturated heterocycles. The first-order chi connectivity index (χ1) is 16.5. The molecule has 0 radical (unpaired) electrons. The smallest absolute Gasteiger partial charge is 0.226 e. The van der Waals surface area contributed by atoms with E-state index >= 15 is 0 Å². The van der Waals surface area contributed by atoms with Gasteiger partial charge in [0.05, 0.1) is 5.69 Å². The van der Waals surface area contributed by atoms with Crippen LogP contribution in [0, 0.1) is 19.8 Å². The van der Waals surface area contributed by atoms with Gasteiger partial charge in [-0.05, 0) is 76.7 Å². The molecule has 1 fully saturated rings. The Hall–Kier alpha value is -2.86. The van der Waals surface area contributed by atoms with Crippen LogP contribution in [-0.2, 0) is 11.3 Å². The van der Waals surface area contributed by atoms with Gasteiger partial charge < -0.3 is 14.6 Å². The average molecular weight is 463 g/mol. The minimum absolute atomic E-state index is 0.112. The zero-order valence-electron chi connectivity index (χ0n) is 20.8. The fourth-order valence-electron chi connectivity index (χ4n) is 4.79. The number of nitrogens with zero attached hydrogens (tertiary/aromatic N) is 3. The molecule has 0 saturated carbocycles. The number of hydrogen-bond acceptors (Lipinski definition) is 5. The highest BCUT2D eigenvalue weighted by atomic mass is 16.4. The van der Waals surface area contributed by atoms with Crippen LogP contribution in [0.25, 0.3) is 11.5 Å². The van der Waals surface area contributed by atoms with Crippen molar-refractivity contribution in [1.29, 1.82) is 0 Å². The van der Waals surface area contributed by atoms with Crippen molar-refractivity contribution in [2.75, 3.05) is 33.2 Å². The van der Waals surface area contributed by atoms with E-state index in [0.717, 1.165) is 87.4 Å². The third-order valence-electron chi connectivity index (χ3n) is 7.05. The Morgan fingerprint density at radius 1 is 1.24 bits per heavy atom. The normalized spacial score (nSPS) is 17.0. The summed E-state index contributed by atoms with van der Waals surface area (Å²) in [7, 11) is 2.14. The van der Waals surface area contributed by atoms with Gasteiger partial charge in [-0.15, -0.1) is 0 Å². The zero-order chi connectivity index (χ0) is 23.9. The number of rotatable bonds is 9. The van der Waals surface area contributed by atoms with Crippen LogP contribution >= 0.6 is 0 Å². The van der Waals surface area contributed by atoms with E-state index in [4.69, 9.17) is 9.40 Å². The summed E-state index contributed by atoms with van der Waals surface area (Å²) in [6, 6.07) is 8.18. The number of hydrogen-bond donors (Lipinski definition) is 1. The fraction of sp³-hybridized carbons (Fsp3) is 0.500. The average Bonchev–Trinajstić information content (AvgIpc) is 3.22. The largest absolute Gasteiger partial charge is 0.441 e. The molecule has 2 aromatic rings. The maximum Gasteiger partial charge on any atom is 0.226 e. The molecule has 1 amide bonds. The van der Waals surface area contributed by atoms with Crippen molar-refractivity contribution in [1.82, 2.24) is 20.1 Å². The summed E-state index contributed by atoms with van der Waals surface area (Å²) in [6.07, 6.45) is 11.5. The number of carbonyl (C=O) groups excluding carboxylic acids is 1. The Morgan fingerprint density at radius 2 is 2.03 bits per heavy atom. The van der Waals surface area contributed by atoms with Crippen LogP contribution in [-0.4, -0.2) is 53.9 Å². The van der Waals surface area contributed by atoms with Gasteiger partial charge in [0.1, 0.15) is 5.76 Å². The van der Waals surface area contributed by atoms with Crippen LogP contribution in [0.1, 0.15) is 49.1 Å². The molecule has 1 aliphatic heterocycles. The van der Waals surface area contributed by atoms with Crippen molar-refractivity contribution in [3.8, 4) is 11.5 Å². The lowest BCUT2D eigenvalue weighted by Gasteiger charge is -2.30. The number of benzene rings is 1. The predicted molar refractivity (Wildman–Crippen MR) is 136 cm³/mol. The molecule has 6 heteroatoms. The van der Waals surface area contributed by atoms with E-state index in [1.165, 1.54) is 5.70 Å². The molecular formula is C28H38N4O2. The van der Waals surface area contributed by atoms with E-state index in [9.17, 15) is 4.79 Å². The number of allylic oxidation sites excluding steroid dienone is 4. The quantitative estimate of drug-likeness (QED) is 0.540. The molecule has 4 rings (SSSR count). The molecule has 2 heterocycles. The summed E-state index contributed by atoms with van der Waals surface area (Å²) in [5.74, 6) is 1.90. The molecule has 182 valence electrons. The van der Waals surface area contributed by atoms with Crippen LogP contribution in [0.4, 0.5) is 0 Å². The highest BCUT2D eigenvalue weighted by molar-refractivity contribution is 5.78. The van der Waals surface area contributed by atoms with Gasteiger partial charge in [-0.1, -0.05) is 30.4 Å². The molecule has 34 heavy (non-hydrogen) atoms. The van der Waals surface area contributed by atoms with Gasteiger partial charge in [0.2, 0.25) is 11.8 Å². The maximum atomic E-state index is 12.7. The Morgan fingerprint density at radius 3 is 2.76 bits per heavy atom. The van der Waals surface area contributed by atoms with Crippen molar-refractivity contribution in [3.05, 3.63) is 65.2 Å². The monoisotopic (exact) mass is 462 g/mol. The van der Waals surface area contributed by atoms with Gasteiger partial charge >= 0.3 is 0 Å². The molecule has 2 aliphatic rings. The summed E-state index contributed by atoms with van der Waals surface area (Å²) in [5.41, 5.74) is 4.59. The summed E-state index contributed by atoms with van der Waals surface area (Å²) >= 11 is 0. The van der Waals surface area contributed by atoms with Crippen LogP contribution < -0.4 is 5.32 Å². The molecule has 6 nitrogen and oxygen atoms in total. The Labute approximate surface area is 203 Å². The number of nitrogens with one attached hydrogen (secondary N) is 1. The third kappa shape index (κ3) is 6.17. The first-order valence-electron chi connectivity index (χ1n) is 12.6. The Balaban J connectivity index is 1.19. The van der Waals surface area contributed by atoms with Crippen LogP contribution in [0.5, 0.6) is 0 Å². The van der Waals surface area contributed by atoms with Crippen LogP contribution in [0.3, 0.4) is 0 Å². The molecule has 1 aliphatic carbocycles. The minimum Gasteiger partial charge on any atom is -0.441 e. The summed E-state index contributed by atoms with van der Waals surface area (Å²) in [6.45, 7) is 8.37. The van der Waals surface area contributed by atoms with E-state index in [1.807, 2.05) is 19.1 Å². The Kier molecular flexibility index (Phi) is 8.22. The van der Waals surface area contributed by atoms with Crippen LogP contribution in [0.15, 0.2) is 52.6 Å². The van der Waals surface area contributed by atoms with Crippen molar-refractivity contribution >= 4 is 5.91 Å². The second-order valence-electron chi connectivity index (χ2n) is 9.58. The van der Waals surface area contributed by atoms with E-state index in [2.05, 4.69) is 59.4 Å². The van der Waals surface area contributed by atoms with E-state index in [0.29, 0.717) is 5.89 Å².